The summed E-state index contributed by atoms with van der Waals surface area (Å²) >= 11 is 0. The maximum absolute atomic E-state index is 5.42. The van der Waals surface area contributed by atoms with Crippen molar-refractivity contribution >= 4 is 28.8 Å². The van der Waals surface area contributed by atoms with Gasteiger partial charge in [0.05, 0.1) is 21.3 Å². The van der Waals surface area contributed by atoms with E-state index in [4.69, 9.17) is 14.2 Å². The highest BCUT2D eigenvalue weighted by Crippen LogP contribution is 2.40. The van der Waals surface area contributed by atoms with Crippen molar-refractivity contribution in [1.29, 1.82) is 0 Å². The fraction of sp³-hybridized carbons (Fsp3) is 0.273. The fourth-order valence-electron chi connectivity index (χ4n) is 2.98. The Bertz CT molecular complexity index is 998. The third-order valence-electron chi connectivity index (χ3n) is 4.41. The molecular formula is C22H27N5O3. The van der Waals surface area contributed by atoms with Crippen molar-refractivity contribution in [3.63, 3.8) is 0 Å². The summed E-state index contributed by atoms with van der Waals surface area (Å²) in [5.41, 5.74) is 3.57. The van der Waals surface area contributed by atoms with E-state index in [2.05, 4.69) is 20.6 Å². The molecule has 0 radical (unpaired) electrons. The molecule has 0 bridgehead atoms. The lowest BCUT2D eigenvalue weighted by molar-refractivity contribution is 0.324. The number of aromatic nitrogens is 2. The van der Waals surface area contributed by atoms with Crippen LogP contribution in [0.4, 0.5) is 28.8 Å². The quantitative estimate of drug-likeness (QED) is 0.568. The standard InChI is InChI=1S/C22H27N5O3/c1-14-10-20(24-16-12-18(28-4)21(30-6)19(13-16)29-5)26-22(23-14)25-15-8-7-9-17(11-15)27(2)3/h7-13H,1-6H3,(H2,23,24,25,26). The molecule has 1 aromatic heterocycles. The van der Waals surface area contributed by atoms with Crippen molar-refractivity contribution in [2.24, 2.45) is 0 Å². The van der Waals surface area contributed by atoms with Crippen LogP contribution in [-0.2, 0) is 0 Å². The minimum atomic E-state index is 0.501. The summed E-state index contributed by atoms with van der Waals surface area (Å²) in [5.74, 6) is 2.80. The lowest BCUT2D eigenvalue weighted by Crippen LogP contribution is -2.09. The molecule has 1 heterocycles. The number of aryl methyl sites for hydroxylation is 1. The van der Waals surface area contributed by atoms with Gasteiger partial charge in [-0.15, -0.1) is 0 Å². The predicted octanol–water partition coefficient (Wildman–Crippen LogP) is 4.36. The summed E-state index contributed by atoms with van der Waals surface area (Å²) in [7, 11) is 8.74. The van der Waals surface area contributed by atoms with Crippen LogP contribution in [-0.4, -0.2) is 45.4 Å². The molecule has 0 fully saturated rings. The van der Waals surface area contributed by atoms with Gasteiger partial charge >= 0.3 is 0 Å². The molecule has 0 saturated carbocycles. The third-order valence-corrected chi connectivity index (χ3v) is 4.41. The van der Waals surface area contributed by atoms with E-state index < -0.39 is 0 Å². The van der Waals surface area contributed by atoms with E-state index in [-0.39, 0.29) is 0 Å². The Kier molecular flexibility index (Phi) is 6.46. The molecule has 8 nitrogen and oxygen atoms in total. The molecule has 0 atom stereocenters. The van der Waals surface area contributed by atoms with Gasteiger partial charge in [-0.3, -0.25) is 0 Å². The van der Waals surface area contributed by atoms with E-state index in [1.807, 2.05) is 68.4 Å². The molecule has 2 N–H and O–H groups in total. The Labute approximate surface area is 176 Å². The highest BCUT2D eigenvalue weighted by atomic mass is 16.5. The Morgan fingerprint density at radius 3 is 2.10 bits per heavy atom. The van der Waals surface area contributed by atoms with Crippen LogP contribution in [0.2, 0.25) is 0 Å². The second-order valence-corrected chi connectivity index (χ2v) is 6.83. The molecule has 0 spiro atoms. The normalized spacial score (nSPS) is 10.3. The average Bonchev–Trinajstić information content (AvgIpc) is 2.72. The van der Waals surface area contributed by atoms with Crippen molar-refractivity contribution in [2.45, 2.75) is 6.92 Å². The van der Waals surface area contributed by atoms with Gasteiger partial charge < -0.3 is 29.7 Å². The number of hydrogen-bond acceptors (Lipinski definition) is 8. The molecule has 8 heteroatoms. The van der Waals surface area contributed by atoms with Crippen LogP contribution < -0.4 is 29.7 Å². The topological polar surface area (TPSA) is 80.8 Å². The minimum absolute atomic E-state index is 0.501. The Balaban J connectivity index is 1.88. The molecule has 158 valence electrons. The maximum atomic E-state index is 5.42. The zero-order valence-corrected chi connectivity index (χ0v) is 18.1. The Morgan fingerprint density at radius 2 is 1.50 bits per heavy atom. The molecule has 0 aliphatic rings. The van der Waals surface area contributed by atoms with Crippen LogP contribution in [0, 0.1) is 6.92 Å². The summed E-state index contributed by atoms with van der Waals surface area (Å²) in [6.07, 6.45) is 0. The van der Waals surface area contributed by atoms with E-state index in [9.17, 15) is 0 Å². The predicted molar refractivity (Wildman–Crippen MR) is 120 cm³/mol. The van der Waals surface area contributed by atoms with Crippen LogP contribution in [0.25, 0.3) is 0 Å². The number of benzene rings is 2. The number of rotatable bonds is 8. The molecule has 3 aromatic rings. The van der Waals surface area contributed by atoms with Gasteiger partial charge in [0.1, 0.15) is 5.82 Å². The summed E-state index contributed by atoms with van der Waals surface area (Å²) in [5, 5.41) is 6.56. The van der Waals surface area contributed by atoms with E-state index in [1.165, 1.54) is 0 Å². The SMILES string of the molecule is COc1cc(Nc2cc(C)nc(Nc3cccc(N(C)C)c3)n2)cc(OC)c1OC. The number of methoxy groups -OCH3 is 3. The summed E-state index contributed by atoms with van der Waals surface area (Å²) in [6.45, 7) is 1.92. The van der Waals surface area contributed by atoms with Gasteiger partial charge in [-0.25, -0.2) is 4.98 Å². The molecule has 0 aliphatic heterocycles. The van der Waals surface area contributed by atoms with Crippen molar-refractivity contribution in [3.8, 4) is 17.2 Å². The van der Waals surface area contributed by atoms with Gasteiger partial charge in [0.15, 0.2) is 11.5 Å². The minimum Gasteiger partial charge on any atom is -0.493 e. The zero-order valence-electron chi connectivity index (χ0n) is 18.1. The van der Waals surface area contributed by atoms with Crippen LogP contribution in [0.15, 0.2) is 42.5 Å². The first-order chi connectivity index (χ1) is 14.4. The largest absolute Gasteiger partial charge is 0.493 e. The number of ether oxygens (including phenoxy) is 3. The average molecular weight is 409 g/mol. The van der Waals surface area contributed by atoms with Gasteiger partial charge in [0, 0.05) is 55.1 Å². The Hall–Kier alpha value is -3.68. The molecule has 30 heavy (non-hydrogen) atoms. The van der Waals surface area contributed by atoms with Gasteiger partial charge in [-0.1, -0.05) is 6.07 Å². The number of anilines is 5. The van der Waals surface area contributed by atoms with E-state index >= 15 is 0 Å². The lowest BCUT2D eigenvalue weighted by Gasteiger charge is -2.16. The second-order valence-electron chi connectivity index (χ2n) is 6.83. The summed E-state index contributed by atoms with van der Waals surface area (Å²) in [4.78, 5) is 11.1. The van der Waals surface area contributed by atoms with Gasteiger partial charge in [-0.05, 0) is 25.1 Å². The van der Waals surface area contributed by atoms with Crippen LogP contribution in [0.3, 0.4) is 0 Å². The molecule has 0 saturated heterocycles. The first-order valence-electron chi connectivity index (χ1n) is 9.40. The van der Waals surface area contributed by atoms with Crippen LogP contribution in [0.5, 0.6) is 17.2 Å². The van der Waals surface area contributed by atoms with Crippen molar-refractivity contribution in [2.75, 3.05) is 51.0 Å². The molecule has 2 aromatic carbocycles. The first kappa shape index (κ1) is 21.0. The van der Waals surface area contributed by atoms with Gasteiger partial charge in [0.25, 0.3) is 0 Å². The molecule has 0 aliphatic carbocycles. The molecule has 0 amide bonds. The molecule has 0 unspecified atom stereocenters. The van der Waals surface area contributed by atoms with Gasteiger partial charge in [0.2, 0.25) is 11.7 Å². The third kappa shape index (κ3) is 4.83. The van der Waals surface area contributed by atoms with Crippen LogP contribution in [0.1, 0.15) is 5.69 Å². The highest BCUT2D eigenvalue weighted by molar-refractivity contribution is 5.68. The van der Waals surface area contributed by atoms with Crippen LogP contribution >= 0.6 is 0 Å². The van der Waals surface area contributed by atoms with Gasteiger partial charge in [-0.2, -0.15) is 4.98 Å². The van der Waals surface area contributed by atoms with Crippen molar-refractivity contribution in [3.05, 3.63) is 48.2 Å². The number of hydrogen-bond donors (Lipinski definition) is 2. The van der Waals surface area contributed by atoms with Crippen molar-refractivity contribution in [1.82, 2.24) is 9.97 Å². The molecule has 3 rings (SSSR count). The van der Waals surface area contributed by atoms with E-state index in [0.29, 0.717) is 29.0 Å². The van der Waals surface area contributed by atoms with Crippen molar-refractivity contribution < 1.29 is 14.2 Å². The highest BCUT2D eigenvalue weighted by Gasteiger charge is 2.14. The maximum Gasteiger partial charge on any atom is 0.229 e. The first-order valence-corrected chi connectivity index (χ1v) is 9.40. The summed E-state index contributed by atoms with van der Waals surface area (Å²) < 4.78 is 16.2. The number of nitrogens with one attached hydrogen (secondary N) is 2. The Morgan fingerprint density at radius 1 is 0.800 bits per heavy atom. The molecular weight excluding hydrogens is 382 g/mol. The van der Waals surface area contributed by atoms with E-state index in [0.717, 1.165) is 22.8 Å². The smallest absolute Gasteiger partial charge is 0.229 e. The lowest BCUT2D eigenvalue weighted by atomic mass is 10.2. The number of nitrogens with zero attached hydrogens (tertiary/aromatic N) is 3. The second kappa shape index (κ2) is 9.21. The monoisotopic (exact) mass is 409 g/mol. The zero-order chi connectivity index (χ0) is 21.7. The fourth-order valence-corrected chi connectivity index (χ4v) is 2.98. The van der Waals surface area contributed by atoms with E-state index in [1.54, 1.807) is 21.3 Å². The summed E-state index contributed by atoms with van der Waals surface area (Å²) in [6, 6.07) is 13.6.